The molecular formula is C13H19N5O3. The lowest BCUT2D eigenvalue weighted by molar-refractivity contribution is 0.321. The number of tetrazole rings is 1. The molecule has 2 aromatic rings. The largest absolute Gasteiger partial charge is 0.493 e. The molecule has 0 bridgehead atoms. The van der Waals surface area contributed by atoms with Crippen LogP contribution in [0.3, 0.4) is 0 Å². The van der Waals surface area contributed by atoms with E-state index in [1.165, 1.54) is 0 Å². The number of hydrogen-bond donors (Lipinski definition) is 2. The Morgan fingerprint density at radius 1 is 1.14 bits per heavy atom. The number of methoxy groups -OCH3 is 3. The molecule has 0 aliphatic rings. The summed E-state index contributed by atoms with van der Waals surface area (Å²) in [5.74, 6) is 2.45. The summed E-state index contributed by atoms with van der Waals surface area (Å²) in [6.45, 7) is 2.53. The van der Waals surface area contributed by atoms with Crippen LogP contribution in [-0.2, 0) is 6.54 Å². The van der Waals surface area contributed by atoms with Gasteiger partial charge in [0.15, 0.2) is 17.3 Å². The molecule has 1 aromatic heterocycles. The molecule has 1 aromatic carbocycles. The molecule has 0 saturated heterocycles. The first-order chi connectivity index (χ1) is 10.2. The molecule has 0 fully saturated rings. The lowest BCUT2D eigenvalue weighted by Crippen LogP contribution is -2.19. The van der Waals surface area contributed by atoms with E-state index in [-0.39, 0.29) is 6.04 Å². The molecule has 8 heteroatoms. The van der Waals surface area contributed by atoms with Gasteiger partial charge in [-0.2, -0.15) is 5.21 Å². The van der Waals surface area contributed by atoms with Crippen molar-refractivity contribution in [3.05, 3.63) is 23.5 Å². The van der Waals surface area contributed by atoms with Crippen molar-refractivity contribution in [3.8, 4) is 17.2 Å². The van der Waals surface area contributed by atoms with Gasteiger partial charge in [-0.1, -0.05) is 11.3 Å². The monoisotopic (exact) mass is 293 g/mol. The van der Waals surface area contributed by atoms with Crippen LogP contribution in [-0.4, -0.2) is 42.0 Å². The molecule has 8 nitrogen and oxygen atoms in total. The van der Waals surface area contributed by atoms with Crippen LogP contribution in [0.1, 0.15) is 24.4 Å². The first kappa shape index (κ1) is 15.0. The highest BCUT2D eigenvalue weighted by atomic mass is 16.5. The minimum absolute atomic E-state index is 0.0402. The molecule has 21 heavy (non-hydrogen) atoms. The maximum Gasteiger partial charge on any atom is 0.203 e. The van der Waals surface area contributed by atoms with E-state index in [0.717, 1.165) is 5.56 Å². The maximum absolute atomic E-state index is 5.44. The molecule has 0 spiro atoms. The average molecular weight is 293 g/mol. The molecule has 0 aliphatic carbocycles. The zero-order valence-electron chi connectivity index (χ0n) is 12.5. The van der Waals surface area contributed by atoms with E-state index in [4.69, 9.17) is 14.2 Å². The van der Waals surface area contributed by atoms with Gasteiger partial charge in [0.2, 0.25) is 5.75 Å². The van der Waals surface area contributed by atoms with Crippen LogP contribution < -0.4 is 19.5 Å². The SMILES string of the molecule is COc1ccc(CNC(C)c2nn[nH]n2)c(OC)c1OC. The zero-order valence-corrected chi connectivity index (χ0v) is 12.5. The van der Waals surface area contributed by atoms with E-state index in [0.29, 0.717) is 29.6 Å². The van der Waals surface area contributed by atoms with Crippen LogP contribution in [0.4, 0.5) is 0 Å². The van der Waals surface area contributed by atoms with Crippen molar-refractivity contribution in [2.24, 2.45) is 0 Å². The second-order valence-corrected chi connectivity index (χ2v) is 4.37. The predicted octanol–water partition coefficient (Wildman–Crippen LogP) is 1.08. The maximum atomic E-state index is 5.44. The number of benzene rings is 1. The van der Waals surface area contributed by atoms with E-state index in [2.05, 4.69) is 25.9 Å². The molecule has 1 unspecified atom stereocenters. The molecule has 1 heterocycles. The highest BCUT2D eigenvalue weighted by molar-refractivity contribution is 5.55. The van der Waals surface area contributed by atoms with Crippen LogP contribution >= 0.6 is 0 Å². The lowest BCUT2D eigenvalue weighted by atomic mass is 10.1. The fourth-order valence-corrected chi connectivity index (χ4v) is 2.01. The summed E-state index contributed by atoms with van der Waals surface area (Å²) in [4.78, 5) is 0. The summed E-state index contributed by atoms with van der Waals surface area (Å²) in [7, 11) is 4.77. The number of aromatic nitrogens is 4. The lowest BCUT2D eigenvalue weighted by Gasteiger charge is -2.17. The minimum Gasteiger partial charge on any atom is -0.493 e. The first-order valence-corrected chi connectivity index (χ1v) is 6.45. The van der Waals surface area contributed by atoms with Crippen LogP contribution in [0.25, 0.3) is 0 Å². The molecule has 0 aliphatic heterocycles. The Morgan fingerprint density at radius 3 is 2.48 bits per heavy atom. The van der Waals surface area contributed by atoms with Gasteiger partial charge in [-0.15, -0.1) is 10.2 Å². The third-order valence-corrected chi connectivity index (χ3v) is 3.13. The normalized spacial score (nSPS) is 12.0. The highest BCUT2D eigenvalue weighted by Gasteiger charge is 2.17. The first-order valence-electron chi connectivity index (χ1n) is 6.45. The number of nitrogens with one attached hydrogen (secondary N) is 2. The molecule has 0 amide bonds. The Kier molecular flexibility index (Phi) is 4.94. The summed E-state index contributed by atoms with van der Waals surface area (Å²) in [5, 5.41) is 17.2. The molecule has 114 valence electrons. The third kappa shape index (κ3) is 3.22. The minimum atomic E-state index is -0.0402. The van der Waals surface area contributed by atoms with Gasteiger partial charge in [-0.25, -0.2) is 0 Å². The van der Waals surface area contributed by atoms with E-state index in [9.17, 15) is 0 Å². The number of ether oxygens (including phenoxy) is 3. The molecule has 2 rings (SSSR count). The number of rotatable bonds is 7. The van der Waals surface area contributed by atoms with E-state index < -0.39 is 0 Å². The van der Waals surface area contributed by atoms with Gasteiger partial charge >= 0.3 is 0 Å². The summed E-state index contributed by atoms with van der Waals surface area (Å²) >= 11 is 0. The number of aromatic amines is 1. The van der Waals surface area contributed by atoms with Crippen molar-refractivity contribution < 1.29 is 14.2 Å². The summed E-state index contributed by atoms with van der Waals surface area (Å²) in [5.41, 5.74) is 0.950. The van der Waals surface area contributed by atoms with Gasteiger partial charge in [0.25, 0.3) is 0 Å². The third-order valence-electron chi connectivity index (χ3n) is 3.13. The van der Waals surface area contributed by atoms with Crippen molar-refractivity contribution in [2.75, 3.05) is 21.3 Å². The highest BCUT2D eigenvalue weighted by Crippen LogP contribution is 2.39. The van der Waals surface area contributed by atoms with Gasteiger partial charge in [0.1, 0.15) is 0 Å². The van der Waals surface area contributed by atoms with Gasteiger partial charge in [-0.3, -0.25) is 0 Å². The van der Waals surface area contributed by atoms with Crippen molar-refractivity contribution in [3.63, 3.8) is 0 Å². The average Bonchev–Trinajstić information content (AvgIpc) is 3.05. The van der Waals surface area contributed by atoms with Crippen LogP contribution in [0, 0.1) is 0 Å². The Hall–Kier alpha value is -2.35. The van der Waals surface area contributed by atoms with E-state index in [1.807, 2.05) is 19.1 Å². The van der Waals surface area contributed by atoms with E-state index in [1.54, 1.807) is 21.3 Å². The van der Waals surface area contributed by atoms with Crippen molar-refractivity contribution in [1.82, 2.24) is 25.9 Å². The summed E-state index contributed by atoms with van der Waals surface area (Å²) in [6.07, 6.45) is 0. The molecule has 0 saturated carbocycles. The Bertz CT molecular complexity index is 573. The van der Waals surface area contributed by atoms with Gasteiger partial charge in [-0.05, 0) is 13.0 Å². The van der Waals surface area contributed by atoms with Gasteiger partial charge in [0, 0.05) is 12.1 Å². The second-order valence-electron chi connectivity index (χ2n) is 4.37. The van der Waals surface area contributed by atoms with Crippen molar-refractivity contribution in [2.45, 2.75) is 19.5 Å². The zero-order chi connectivity index (χ0) is 15.2. The molecular weight excluding hydrogens is 274 g/mol. The van der Waals surface area contributed by atoms with Gasteiger partial charge in [0.05, 0.1) is 27.4 Å². The quantitative estimate of drug-likeness (QED) is 0.788. The van der Waals surface area contributed by atoms with Crippen molar-refractivity contribution >= 4 is 0 Å². The van der Waals surface area contributed by atoms with Crippen LogP contribution in [0.15, 0.2) is 12.1 Å². The molecule has 1 atom stereocenters. The van der Waals surface area contributed by atoms with Crippen LogP contribution in [0.2, 0.25) is 0 Å². The number of H-pyrrole nitrogens is 1. The smallest absolute Gasteiger partial charge is 0.203 e. The fraction of sp³-hybridized carbons (Fsp3) is 0.462. The van der Waals surface area contributed by atoms with Crippen LogP contribution in [0.5, 0.6) is 17.2 Å². The summed E-state index contributed by atoms with van der Waals surface area (Å²) < 4.78 is 16.1. The Morgan fingerprint density at radius 2 is 1.90 bits per heavy atom. The standard InChI is InChI=1S/C13H19N5O3/c1-8(13-15-17-18-16-13)14-7-9-5-6-10(19-2)12(21-4)11(9)20-3/h5-6,8,14H,7H2,1-4H3,(H,15,16,17,18). The Balaban J connectivity index is 2.16. The number of nitrogens with zero attached hydrogens (tertiary/aromatic N) is 3. The fourth-order valence-electron chi connectivity index (χ4n) is 2.01. The summed E-state index contributed by atoms with van der Waals surface area (Å²) in [6, 6.07) is 3.73. The Labute approximate surface area is 122 Å². The van der Waals surface area contributed by atoms with Crippen molar-refractivity contribution in [1.29, 1.82) is 0 Å². The molecule has 2 N–H and O–H groups in total. The topological polar surface area (TPSA) is 94.2 Å². The molecule has 0 radical (unpaired) electrons. The number of hydrogen-bond acceptors (Lipinski definition) is 7. The second kappa shape index (κ2) is 6.89. The van der Waals surface area contributed by atoms with E-state index >= 15 is 0 Å². The predicted molar refractivity (Wildman–Crippen MR) is 75.5 cm³/mol. The van der Waals surface area contributed by atoms with Gasteiger partial charge < -0.3 is 19.5 Å².